The lowest BCUT2D eigenvalue weighted by molar-refractivity contribution is -0.151. The smallest absolute Gasteiger partial charge is 0.306 e. The number of allylic oxidation sites excluding steroid dienone is 16. The molecule has 0 aliphatic heterocycles. The Labute approximate surface area is 350 Å². The van der Waals surface area contributed by atoms with Crippen LogP contribution in [0.5, 0.6) is 0 Å². The van der Waals surface area contributed by atoms with Crippen LogP contribution in [0.4, 0.5) is 0 Å². The van der Waals surface area contributed by atoms with Gasteiger partial charge < -0.3 is 20.3 Å². The lowest BCUT2D eigenvalue weighted by atomic mass is 10.0. The van der Waals surface area contributed by atoms with E-state index in [1.54, 1.807) is 0 Å². The van der Waals surface area contributed by atoms with E-state index in [9.17, 15) is 19.8 Å². The molecule has 0 radical (unpaired) electrons. The fraction of sp³-hybridized carbons (Fsp3) is 0.647. The maximum Gasteiger partial charge on any atom is 0.306 e. The average molecular weight is 792 g/mol. The first-order valence-electron chi connectivity index (χ1n) is 23.1. The molecule has 57 heavy (non-hydrogen) atoms. The van der Waals surface area contributed by atoms with Gasteiger partial charge in [-0.1, -0.05) is 208 Å². The maximum absolute atomic E-state index is 13.1. The van der Waals surface area contributed by atoms with Crippen molar-refractivity contribution in [2.75, 3.05) is 6.61 Å². The molecule has 0 aliphatic rings. The first-order chi connectivity index (χ1) is 28.0. The largest absolute Gasteiger partial charge is 0.462 e. The Balaban J connectivity index is 4.67. The van der Waals surface area contributed by atoms with Crippen LogP contribution in [0.1, 0.15) is 188 Å². The number of nitrogens with one attached hydrogen (secondary N) is 1. The highest BCUT2D eigenvalue weighted by Gasteiger charge is 2.24. The zero-order valence-electron chi connectivity index (χ0n) is 36.7. The molecular weight excluding hydrogens is 707 g/mol. The van der Waals surface area contributed by atoms with Crippen molar-refractivity contribution in [3.05, 3.63) is 97.2 Å². The Hall–Kier alpha value is -3.22. The van der Waals surface area contributed by atoms with E-state index in [-0.39, 0.29) is 24.9 Å². The lowest BCUT2D eigenvalue weighted by Crippen LogP contribution is -2.46. The molecule has 0 saturated heterocycles. The molecule has 3 unspecified atom stereocenters. The number of rotatable bonds is 39. The summed E-state index contributed by atoms with van der Waals surface area (Å²) in [7, 11) is 0. The highest BCUT2D eigenvalue weighted by molar-refractivity contribution is 5.77. The summed E-state index contributed by atoms with van der Waals surface area (Å²) in [6.07, 6.45) is 57.5. The van der Waals surface area contributed by atoms with Crippen LogP contribution >= 0.6 is 0 Å². The van der Waals surface area contributed by atoms with Gasteiger partial charge in [0.05, 0.1) is 25.2 Å². The number of carbonyl (C=O) groups excluding carboxylic acids is 2. The second-order valence-corrected chi connectivity index (χ2v) is 15.3. The van der Waals surface area contributed by atoms with Crippen LogP contribution in [0, 0.1) is 0 Å². The van der Waals surface area contributed by atoms with Crippen molar-refractivity contribution in [3.63, 3.8) is 0 Å². The average Bonchev–Trinajstić information content (AvgIpc) is 3.20. The number of unbranched alkanes of at least 4 members (excludes halogenated alkanes) is 17. The fourth-order valence-electron chi connectivity index (χ4n) is 6.34. The summed E-state index contributed by atoms with van der Waals surface area (Å²) in [4.78, 5) is 26.0. The van der Waals surface area contributed by atoms with Gasteiger partial charge in [0.1, 0.15) is 6.10 Å². The van der Waals surface area contributed by atoms with E-state index in [0.29, 0.717) is 19.3 Å². The van der Waals surface area contributed by atoms with Crippen LogP contribution in [0.3, 0.4) is 0 Å². The molecule has 0 aromatic carbocycles. The first-order valence-corrected chi connectivity index (χ1v) is 23.1. The quantitative estimate of drug-likeness (QED) is 0.0327. The van der Waals surface area contributed by atoms with Crippen LogP contribution in [-0.2, 0) is 14.3 Å². The van der Waals surface area contributed by atoms with Gasteiger partial charge in [-0.15, -0.1) is 0 Å². The molecule has 324 valence electrons. The predicted molar refractivity (Wildman–Crippen MR) is 245 cm³/mol. The minimum Gasteiger partial charge on any atom is -0.462 e. The van der Waals surface area contributed by atoms with E-state index in [1.807, 2.05) is 36.5 Å². The molecule has 0 spiro atoms. The SMILES string of the molecule is CC/C=C/C=C/C=C\CCCCCC(CC(=O)NC(CO)C(O)CCCCCCCCCCC)OC(=O)CCCCCCC/C=C/C=C/C=C/C=C/C=C/CCC. The Morgan fingerprint density at radius 1 is 0.526 bits per heavy atom. The third-order valence-corrected chi connectivity index (χ3v) is 9.82. The van der Waals surface area contributed by atoms with Crippen molar-refractivity contribution in [2.45, 2.75) is 206 Å². The summed E-state index contributed by atoms with van der Waals surface area (Å²) >= 11 is 0. The summed E-state index contributed by atoms with van der Waals surface area (Å²) in [6.45, 7) is 6.20. The second-order valence-electron chi connectivity index (χ2n) is 15.3. The van der Waals surface area contributed by atoms with E-state index < -0.39 is 18.2 Å². The van der Waals surface area contributed by atoms with E-state index in [4.69, 9.17) is 4.74 Å². The van der Waals surface area contributed by atoms with Gasteiger partial charge in [-0.05, 0) is 64.2 Å². The first kappa shape index (κ1) is 53.8. The highest BCUT2D eigenvalue weighted by atomic mass is 16.5. The lowest BCUT2D eigenvalue weighted by Gasteiger charge is -2.24. The third kappa shape index (κ3) is 39.4. The minimum atomic E-state index is -0.805. The van der Waals surface area contributed by atoms with Crippen molar-refractivity contribution in [3.8, 4) is 0 Å². The summed E-state index contributed by atoms with van der Waals surface area (Å²) < 4.78 is 5.87. The van der Waals surface area contributed by atoms with E-state index in [1.165, 1.54) is 44.9 Å². The van der Waals surface area contributed by atoms with Gasteiger partial charge in [-0.25, -0.2) is 0 Å². The third-order valence-electron chi connectivity index (χ3n) is 9.82. The molecule has 0 bridgehead atoms. The normalized spacial score (nSPS) is 14.3. The van der Waals surface area contributed by atoms with Crippen LogP contribution in [-0.4, -0.2) is 46.9 Å². The summed E-state index contributed by atoms with van der Waals surface area (Å²) in [6, 6.07) is -0.722. The van der Waals surface area contributed by atoms with Crippen molar-refractivity contribution in [1.29, 1.82) is 0 Å². The molecule has 3 atom stereocenters. The van der Waals surface area contributed by atoms with Gasteiger partial charge in [0.2, 0.25) is 5.91 Å². The molecule has 0 aliphatic carbocycles. The number of carbonyl (C=O) groups is 2. The zero-order chi connectivity index (χ0) is 41.7. The minimum absolute atomic E-state index is 0.0374. The van der Waals surface area contributed by atoms with E-state index in [2.05, 4.69) is 86.8 Å². The van der Waals surface area contributed by atoms with Crippen LogP contribution in [0.2, 0.25) is 0 Å². The number of aliphatic hydroxyl groups is 2. The topological polar surface area (TPSA) is 95.9 Å². The number of ether oxygens (including phenoxy) is 1. The molecule has 0 saturated carbocycles. The summed E-state index contributed by atoms with van der Waals surface area (Å²) in [5, 5.41) is 23.6. The number of esters is 1. The predicted octanol–water partition coefficient (Wildman–Crippen LogP) is 13.4. The van der Waals surface area contributed by atoms with Gasteiger partial charge in [-0.2, -0.15) is 0 Å². The molecular formula is C51H85NO5. The molecule has 6 heteroatoms. The molecule has 1 amide bonds. The van der Waals surface area contributed by atoms with E-state index >= 15 is 0 Å². The molecule has 0 aromatic rings. The fourth-order valence-corrected chi connectivity index (χ4v) is 6.34. The van der Waals surface area contributed by atoms with Gasteiger partial charge in [-0.3, -0.25) is 9.59 Å². The molecule has 6 nitrogen and oxygen atoms in total. The number of hydrogen-bond acceptors (Lipinski definition) is 5. The summed E-state index contributed by atoms with van der Waals surface area (Å²) in [5.41, 5.74) is 0. The van der Waals surface area contributed by atoms with E-state index in [0.717, 1.165) is 96.3 Å². The molecule has 3 N–H and O–H groups in total. The van der Waals surface area contributed by atoms with Crippen LogP contribution < -0.4 is 5.32 Å². The molecule has 0 fully saturated rings. The Morgan fingerprint density at radius 3 is 1.53 bits per heavy atom. The van der Waals surface area contributed by atoms with Crippen LogP contribution in [0.15, 0.2) is 97.2 Å². The van der Waals surface area contributed by atoms with Gasteiger partial charge >= 0.3 is 5.97 Å². The van der Waals surface area contributed by atoms with Crippen molar-refractivity contribution < 1.29 is 24.5 Å². The monoisotopic (exact) mass is 792 g/mol. The number of hydrogen-bond donors (Lipinski definition) is 3. The molecule has 0 rings (SSSR count). The number of amides is 1. The van der Waals surface area contributed by atoms with Gasteiger partial charge in [0, 0.05) is 6.42 Å². The Morgan fingerprint density at radius 2 is 0.982 bits per heavy atom. The molecule has 0 aromatic heterocycles. The molecule has 0 heterocycles. The number of aliphatic hydroxyl groups excluding tert-OH is 2. The maximum atomic E-state index is 13.1. The van der Waals surface area contributed by atoms with Gasteiger partial charge in [0.15, 0.2) is 0 Å². The standard InChI is InChI=1S/C51H85NO5/c1-4-7-10-13-16-19-21-22-23-24-25-26-27-29-32-35-38-41-44-51(56)57-47(42-39-36-33-31-28-20-17-14-11-8-5-2)45-50(55)52-48(46-53)49(54)43-40-37-34-30-18-15-12-9-6-3/h8,10-11,13-14,16-17,19-26,28,47-49,53-54H,4-7,9,12,15,18,27,29-46H2,1-3H3,(H,52,55)/b11-8+,13-10+,17-14+,19-16+,22-21+,24-23+,26-25+,28-20-. The Bertz CT molecular complexity index is 1160. The van der Waals surface area contributed by atoms with Crippen molar-refractivity contribution >= 4 is 11.9 Å². The summed E-state index contributed by atoms with van der Waals surface area (Å²) in [5.74, 6) is -0.551. The van der Waals surface area contributed by atoms with Crippen molar-refractivity contribution in [1.82, 2.24) is 5.32 Å². The second kappa shape index (κ2) is 43.9. The zero-order valence-corrected chi connectivity index (χ0v) is 36.7. The Kier molecular flexibility index (Phi) is 41.4. The van der Waals surface area contributed by atoms with Crippen LogP contribution in [0.25, 0.3) is 0 Å². The van der Waals surface area contributed by atoms with Gasteiger partial charge in [0.25, 0.3) is 0 Å². The van der Waals surface area contributed by atoms with Crippen molar-refractivity contribution in [2.24, 2.45) is 0 Å². The highest BCUT2D eigenvalue weighted by Crippen LogP contribution is 2.16.